The van der Waals surface area contributed by atoms with Gasteiger partial charge in [-0.15, -0.1) is 0 Å². The highest BCUT2D eigenvalue weighted by molar-refractivity contribution is 7.89. The molecule has 27 heavy (non-hydrogen) atoms. The number of carbonyl (C=O) groups is 2. The summed E-state index contributed by atoms with van der Waals surface area (Å²) in [5.41, 5.74) is 0. The molecule has 1 atom stereocenters. The number of amides is 2. The van der Waals surface area contributed by atoms with Gasteiger partial charge < -0.3 is 15.4 Å². The highest BCUT2D eigenvalue weighted by Gasteiger charge is 2.28. The third-order valence-corrected chi connectivity index (χ3v) is 5.16. The van der Waals surface area contributed by atoms with Crippen LogP contribution >= 0.6 is 0 Å². The minimum Gasteiger partial charge on any atom is -0.497 e. The molecule has 2 amide bonds. The van der Waals surface area contributed by atoms with Crippen LogP contribution in [0.2, 0.25) is 0 Å². The zero-order valence-corrected chi connectivity index (χ0v) is 17.2. The van der Waals surface area contributed by atoms with Crippen LogP contribution < -0.4 is 20.1 Å². The summed E-state index contributed by atoms with van der Waals surface area (Å²) in [6.07, 6.45) is 0.125. The average Bonchev–Trinajstić information content (AvgIpc) is 2.58. The molecule has 0 aliphatic carbocycles. The maximum atomic E-state index is 12.6. The van der Waals surface area contributed by atoms with Crippen molar-refractivity contribution in [1.29, 1.82) is 0 Å². The first-order valence-corrected chi connectivity index (χ1v) is 10.3. The fourth-order valence-corrected chi connectivity index (χ4v) is 3.63. The second-order valence-corrected chi connectivity index (χ2v) is 8.50. The van der Waals surface area contributed by atoms with E-state index < -0.39 is 22.0 Å². The van der Waals surface area contributed by atoms with Crippen LogP contribution in [0.15, 0.2) is 29.2 Å². The van der Waals surface area contributed by atoms with Gasteiger partial charge in [0.1, 0.15) is 11.8 Å². The van der Waals surface area contributed by atoms with Crippen LogP contribution in [0.5, 0.6) is 5.75 Å². The van der Waals surface area contributed by atoms with Gasteiger partial charge >= 0.3 is 0 Å². The normalized spacial score (nSPS) is 12.7. The predicted molar refractivity (Wildman–Crippen MR) is 103 cm³/mol. The Labute approximate surface area is 161 Å². The molecule has 1 rings (SSSR count). The summed E-state index contributed by atoms with van der Waals surface area (Å²) in [6.45, 7) is 7.31. The molecular weight excluding hydrogens is 370 g/mol. The van der Waals surface area contributed by atoms with Crippen LogP contribution in [0.1, 0.15) is 34.1 Å². The topological polar surface area (TPSA) is 114 Å². The molecule has 0 fully saturated rings. The zero-order valence-electron chi connectivity index (χ0n) is 16.4. The molecule has 0 radical (unpaired) electrons. The molecule has 8 nitrogen and oxygen atoms in total. The molecule has 152 valence electrons. The number of sulfonamides is 1. The van der Waals surface area contributed by atoms with E-state index in [4.69, 9.17) is 4.74 Å². The lowest BCUT2D eigenvalue weighted by Gasteiger charge is -2.21. The SMILES string of the molecule is COc1ccc(S(=O)(=O)N[C@H](C(=O)NCCC(=O)NC(C)C)C(C)C)cc1. The van der Waals surface area contributed by atoms with Gasteiger partial charge in [-0.2, -0.15) is 4.72 Å². The van der Waals surface area contributed by atoms with E-state index in [1.54, 1.807) is 13.8 Å². The van der Waals surface area contributed by atoms with Gasteiger partial charge in [0, 0.05) is 19.0 Å². The zero-order chi connectivity index (χ0) is 20.6. The van der Waals surface area contributed by atoms with Crippen molar-refractivity contribution >= 4 is 21.8 Å². The van der Waals surface area contributed by atoms with Gasteiger partial charge in [-0.3, -0.25) is 9.59 Å². The van der Waals surface area contributed by atoms with E-state index in [0.29, 0.717) is 5.75 Å². The Morgan fingerprint density at radius 3 is 2.15 bits per heavy atom. The van der Waals surface area contributed by atoms with Crippen molar-refractivity contribution in [3.63, 3.8) is 0 Å². The first kappa shape index (κ1) is 22.9. The molecule has 0 saturated heterocycles. The minimum absolute atomic E-state index is 0.0212. The number of nitrogens with one attached hydrogen (secondary N) is 3. The second kappa shape index (κ2) is 10.3. The first-order chi connectivity index (χ1) is 12.6. The van der Waals surface area contributed by atoms with E-state index in [9.17, 15) is 18.0 Å². The average molecular weight is 400 g/mol. The summed E-state index contributed by atoms with van der Waals surface area (Å²) in [5.74, 6) is -0.390. The molecular formula is C18H29N3O5S. The molecule has 0 unspecified atom stereocenters. The molecule has 0 saturated carbocycles. The Bertz CT molecular complexity index is 730. The van der Waals surface area contributed by atoms with Crippen molar-refractivity contribution in [2.45, 2.75) is 51.1 Å². The number of hydrogen-bond acceptors (Lipinski definition) is 5. The Morgan fingerprint density at radius 1 is 1.07 bits per heavy atom. The van der Waals surface area contributed by atoms with E-state index in [0.717, 1.165) is 0 Å². The lowest BCUT2D eigenvalue weighted by molar-refractivity contribution is -0.124. The van der Waals surface area contributed by atoms with Crippen molar-refractivity contribution in [1.82, 2.24) is 15.4 Å². The van der Waals surface area contributed by atoms with Gasteiger partial charge in [-0.1, -0.05) is 13.8 Å². The summed E-state index contributed by atoms with van der Waals surface area (Å²) >= 11 is 0. The molecule has 0 bridgehead atoms. The van der Waals surface area contributed by atoms with Gasteiger partial charge in [0.05, 0.1) is 12.0 Å². The molecule has 9 heteroatoms. The number of hydrogen-bond donors (Lipinski definition) is 3. The van der Waals surface area contributed by atoms with Gasteiger partial charge in [0.25, 0.3) is 0 Å². The van der Waals surface area contributed by atoms with Crippen LogP contribution in [0.3, 0.4) is 0 Å². The van der Waals surface area contributed by atoms with Crippen LogP contribution in [-0.4, -0.2) is 46.0 Å². The van der Waals surface area contributed by atoms with Crippen molar-refractivity contribution < 1.29 is 22.7 Å². The van der Waals surface area contributed by atoms with E-state index in [-0.39, 0.29) is 35.7 Å². The summed E-state index contributed by atoms with van der Waals surface area (Å²) in [5, 5.41) is 5.34. The molecule has 0 heterocycles. The van der Waals surface area contributed by atoms with E-state index >= 15 is 0 Å². The van der Waals surface area contributed by atoms with Crippen molar-refractivity contribution in [3.8, 4) is 5.75 Å². The van der Waals surface area contributed by atoms with E-state index in [1.807, 2.05) is 13.8 Å². The maximum absolute atomic E-state index is 12.6. The van der Waals surface area contributed by atoms with Crippen LogP contribution in [0.25, 0.3) is 0 Å². The minimum atomic E-state index is -3.88. The Hall–Kier alpha value is -2.13. The standard InChI is InChI=1S/C18H29N3O5S/c1-12(2)17(18(23)19-11-10-16(22)20-13(3)4)21-27(24,25)15-8-6-14(26-5)7-9-15/h6-9,12-13,17,21H,10-11H2,1-5H3,(H,19,23)(H,20,22)/t17-/m0/s1. The second-order valence-electron chi connectivity index (χ2n) is 6.78. The number of methoxy groups -OCH3 is 1. The molecule has 0 aliphatic rings. The summed E-state index contributed by atoms with van der Waals surface area (Å²) in [7, 11) is -2.39. The molecule has 0 aromatic heterocycles. The third kappa shape index (κ3) is 7.56. The van der Waals surface area contributed by atoms with Crippen LogP contribution in [0.4, 0.5) is 0 Å². The number of carbonyl (C=O) groups excluding carboxylic acids is 2. The lowest BCUT2D eigenvalue weighted by Crippen LogP contribution is -2.50. The van der Waals surface area contributed by atoms with Crippen molar-refractivity contribution in [2.75, 3.05) is 13.7 Å². The highest BCUT2D eigenvalue weighted by atomic mass is 32.2. The lowest BCUT2D eigenvalue weighted by atomic mass is 10.1. The smallest absolute Gasteiger partial charge is 0.241 e. The number of rotatable bonds is 10. The highest BCUT2D eigenvalue weighted by Crippen LogP contribution is 2.16. The number of ether oxygens (including phenoxy) is 1. The fraction of sp³-hybridized carbons (Fsp3) is 0.556. The Morgan fingerprint density at radius 2 is 1.67 bits per heavy atom. The molecule has 0 aliphatic heterocycles. The summed E-state index contributed by atoms with van der Waals surface area (Å²) in [4.78, 5) is 24.1. The predicted octanol–water partition coefficient (Wildman–Crippen LogP) is 1.03. The Kier molecular flexibility index (Phi) is 8.71. The van der Waals surface area contributed by atoms with Crippen LogP contribution in [-0.2, 0) is 19.6 Å². The first-order valence-electron chi connectivity index (χ1n) is 8.80. The van der Waals surface area contributed by atoms with Gasteiger partial charge in [0.15, 0.2) is 0 Å². The molecule has 1 aromatic rings. The van der Waals surface area contributed by atoms with Crippen molar-refractivity contribution in [3.05, 3.63) is 24.3 Å². The quantitative estimate of drug-likeness (QED) is 0.544. The molecule has 3 N–H and O–H groups in total. The summed E-state index contributed by atoms with van der Waals surface area (Å²) in [6, 6.07) is 4.95. The number of benzene rings is 1. The van der Waals surface area contributed by atoms with Gasteiger partial charge in [0.2, 0.25) is 21.8 Å². The fourth-order valence-electron chi connectivity index (χ4n) is 2.29. The van der Waals surface area contributed by atoms with Gasteiger partial charge in [-0.05, 0) is 44.0 Å². The molecule has 0 spiro atoms. The van der Waals surface area contributed by atoms with Crippen molar-refractivity contribution in [2.24, 2.45) is 5.92 Å². The Balaban J connectivity index is 2.73. The van der Waals surface area contributed by atoms with E-state index in [2.05, 4.69) is 15.4 Å². The molecule has 1 aromatic carbocycles. The largest absolute Gasteiger partial charge is 0.497 e. The van der Waals surface area contributed by atoms with E-state index in [1.165, 1.54) is 31.4 Å². The van der Waals surface area contributed by atoms with Gasteiger partial charge in [-0.25, -0.2) is 8.42 Å². The third-order valence-electron chi connectivity index (χ3n) is 3.70. The summed E-state index contributed by atoms with van der Waals surface area (Å²) < 4.78 is 32.6. The van der Waals surface area contributed by atoms with Crippen LogP contribution in [0, 0.1) is 5.92 Å². The maximum Gasteiger partial charge on any atom is 0.241 e. The monoisotopic (exact) mass is 399 g/mol.